The number of ether oxygens (including phenoxy) is 1. The molecular formula is C17H25N3O2. The number of amides is 1. The van der Waals surface area contributed by atoms with E-state index in [1.165, 1.54) is 6.42 Å². The number of hydrogen-bond donors (Lipinski definition) is 0. The van der Waals surface area contributed by atoms with Gasteiger partial charge in [-0.25, -0.2) is 9.78 Å². The van der Waals surface area contributed by atoms with Crippen molar-refractivity contribution in [1.82, 2.24) is 9.88 Å². The first-order valence-electron chi connectivity index (χ1n) is 8.10. The Labute approximate surface area is 132 Å². The summed E-state index contributed by atoms with van der Waals surface area (Å²) in [7, 11) is 0. The molecule has 1 aromatic heterocycles. The second-order valence-corrected chi connectivity index (χ2v) is 7.11. The second-order valence-electron chi connectivity index (χ2n) is 7.11. The molecule has 5 nitrogen and oxygen atoms in total. The Morgan fingerprint density at radius 3 is 2.77 bits per heavy atom. The Morgan fingerprint density at radius 2 is 2.14 bits per heavy atom. The van der Waals surface area contributed by atoms with Crippen molar-refractivity contribution in [3.05, 3.63) is 23.9 Å². The van der Waals surface area contributed by atoms with Crippen molar-refractivity contribution >= 4 is 11.9 Å². The molecule has 0 spiro atoms. The lowest BCUT2D eigenvalue weighted by Crippen LogP contribution is -2.42. The Bertz CT molecular complexity index is 571. The predicted molar refractivity (Wildman–Crippen MR) is 86.0 cm³/mol. The van der Waals surface area contributed by atoms with Crippen LogP contribution in [0.5, 0.6) is 0 Å². The highest BCUT2D eigenvalue weighted by Crippen LogP contribution is 2.35. The van der Waals surface area contributed by atoms with Gasteiger partial charge >= 0.3 is 6.09 Å². The summed E-state index contributed by atoms with van der Waals surface area (Å²) in [5.74, 6) is 0.695. The highest BCUT2D eigenvalue weighted by atomic mass is 16.6. The highest BCUT2D eigenvalue weighted by Gasteiger charge is 2.42. The molecular weight excluding hydrogens is 278 g/mol. The Balaban J connectivity index is 1.92. The molecule has 1 aromatic rings. The monoisotopic (exact) mass is 303 g/mol. The summed E-state index contributed by atoms with van der Waals surface area (Å²) in [5, 5.41) is 0. The number of aromatic nitrogens is 1. The molecule has 2 fully saturated rings. The van der Waals surface area contributed by atoms with Gasteiger partial charge in [0, 0.05) is 6.04 Å². The number of carbonyl (C=O) groups is 1. The molecule has 2 aliphatic rings. The largest absolute Gasteiger partial charge is 0.447 e. The van der Waals surface area contributed by atoms with E-state index < -0.39 is 0 Å². The first-order chi connectivity index (χ1) is 10.4. The van der Waals surface area contributed by atoms with Gasteiger partial charge in [0.2, 0.25) is 0 Å². The fraction of sp³-hybridized carbons (Fsp3) is 0.647. The standard InChI is InChI=1S/C17H25N3O2/c1-12(2)19-10-6-8-14(19)13-7-5-9-15(18-13)20-16(21)22-11-17(20,3)4/h5,7,9,12,14H,6,8,10-11H2,1-4H3. The number of anilines is 1. The average molecular weight is 303 g/mol. The minimum Gasteiger partial charge on any atom is -0.447 e. The zero-order chi connectivity index (χ0) is 15.9. The molecule has 22 heavy (non-hydrogen) atoms. The van der Waals surface area contributed by atoms with Crippen LogP contribution in [0.1, 0.15) is 52.3 Å². The zero-order valence-electron chi connectivity index (χ0n) is 13.9. The number of hydrogen-bond acceptors (Lipinski definition) is 4. The third kappa shape index (κ3) is 2.58. The van der Waals surface area contributed by atoms with E-state index in [2.05, 4.69) is 24.8 Å². The lowest BCUT2D eigenvalue weighted by molar-refractivity contribution is 0.175. The normalized spacial score (nSPS) is 25.0. The van der Waals surface area contributed by atoms with Crippen molar-refractivity contribution < 1.29 is 9.53 Å². The molecule has 0 aromatic carbocycles. The van der Waals surface area contributed by atoms with Gasteiger partial charge in [-0.15, -0.1) is 0 Å². The summed E-state index contributed by atoms with van der Waals surface area (Å²) in [5.41, 5.74) is 0.704. The van der Waals surface area contributed by atoms with Crippen molar-refractivity contribution in [2.45, 2.75) is 58.2 Å². The van der Waals surface area contributed by atoms with E-state index >= 15 is 0 Å². The van der Waals surface area contributed by atoms with Gasteiger partial charge in [0.25, 0.3) is 0 Å². The Hall–Kier alpha value is -1.62. The van der Waals surface area contributed by atoms with Crippen molar-refractivity contribution in [3.8, 4) is 0 Å². The van der Waals surface area contributed by atoms with Crippen molar-refractivity contribution in [3.63, 3.8) is 0 Å². The average Bonchev–Trinajstić information content (AvgIpc) is 3.04. The van der Waals surface area contributed by atoms with Crippen LogP contribution in [0.2, 0.25) is 0 Å². The van der Waals surface area contributed by atoms with Gasteiger partial charge in [-0.3, -0.25) is 9.80 Å². The number of pyridine rings is 1. The molecule has 0 N–H and O–H groups in total. The van der Waals surface area contributed by atoms with Crippen LogP contribution in [0, 0.1) is 0 Å². The molecule has 0 bridgehead atoms. The van der Waals surface area contributed by atoms with Crippen molar-refractivity contribution in [2.24, 2.45) is 0 Å². The van der Waals surface area contributed by atoms with Crippen LogP contribution in [-0.2, 0) is 4.74 Å². The molecule has 3 heterocycles. The molecule has 5 heteroatoms. The third-order valence-electron chi connectivity index (χ3n) is 4.62. The second kappa shape index (κ2) is 5.54. The summed E-state index contributed by atoms with van der Waals surface area (Å²) in [6, 6.07) is 6.82. The maximum atomic E-state index is 12.0. The summed E-state index contributed by atoms with van der Waals surface area (Å²) in [4.78, 5) is 21.0. The van der Waals surface area contributed by atoms with Gasteiger partial charge < -0.3 is 4.74 Å². The van der Waals surface area contributed by atoms with Crippen LogP contribution < -0.4 is 4.90 Å². The number of likely N-dealkylation sites (tertiary alicyclic amines) is 1. The number of rotatable bonds is 3. The fourth-order valence-electron chi connectivity index (χ4n) is 3.49. The smallest absolute Gasteiger partial charge is 0.416 e. The van der Waals surface area contributed by atoms with Gasteiger partial charge in [-0.1, -0.05) is 6.07 Å². The topological polar surface area (TPSA) is 45.7 Å². The molecule has 120 valence electrons. The molecule has 1 atom stereocenters. The van der Waals surface area contributed by atoms with E-state index in [4.69, 9.17) is 9.72 Å². The van der Waals surface area contributed by atoms with Crippen LogP contribution in [0.3, 0.4) is 0 Å². The number of carbonyl (C=O) groups excluding carboxylic acids is 1. The first kappa shape index (κ1) is 15.3. The van der Waals surface area contributed by atoms with E-state index in [0.29, 0.717) is 24.5 Å². The summed E-state index contributed by atoms with van der Waals surface area (Å²) in [6.07, 6.45) is 2.02. The Morgan fingerprint density at radius 1 is 1.36 bits per heavy atom. The lowest BCUT2D eigenvalue weighted by Gasteiger charge is -2.30. The zero-order valence-corrected chi connectivity index (χ0v) is 13.9. The molecule has 2 saturated heterocycles. The summed E-state index contributed by atoms with van der Waals surface area (Å²) in [6.45, 7) is 9.97. The predicted octanol–water partition coefficient (Wildman–Crippen LogP) is 3.36. The van der Waals surface area contributed by atoms with Gasteiger partial charge in [0.15, 0.2) is 0 Å². The minimum atomic E-state index is -0.351. The molecule has 2 aliphatic heterocycles. The van der Waals surface area contributed by atoms with Gasteiger partial charge in [0.05, 0.1) is 17.3 Å². The molecule has 1 amide bonds. The van der Waals surface area contributed by atoms with Crippen LogP contribution in [0.25, 0.3) is 0 Å². The highest BCUT2D eigenvalue weighted by molar-refractivity contribution is 5.90. The maximum absolute atomic E-state index is 12.0. The van der Waals surface area contributed by atoms with Crippen molar-refractivity contribution in [1.29, 1.82) is 0 Å². The molecule has 0 radical (unpaired) electrons. The Kier molecular flexibility index (Phi) is 3.85. The first-order valence-corrected chi connectivity index (χ1v) is 8.10. The van der Waals surface area contributed by atoms with Crippen LogP contribution in [-0.4, -0.2) is 40.7 Å². The number of cyclic esters (lactones) is 1. The molecule has 1 unspecified atom stereocenters. The van der Waals surface area contributed by atoms with E-state index in [-0.39, 0.29) is 11.6 Å². The molecule has 0 aliphatic carbocycles. The fourth-order valence-corrected chi connectivity index (χ4v) is 3.49. The van der Waals surface area contributed by atoms with Crippen LogP contribution in [0.4, 0.5) is 10.6 Å². The van der Waals surface area contributed by atoms with Crippen LogP contribution >= 0.6 is 0 Å². The van der Waals surface area contributed by atoms with E-state index in [9.17, 15) is 4.79 Å². The van der Waals surface area contributed by atoms with Gasteiger partial charge in [0.1, 0.15) is 12.4 Å². The maximum Gasteiger partial charge on any atom is 0.416 e. The summed E-state index contributed by atoms with van der Waals surface area (Å²) < 4.78 is 5.20. The van der Waals surface area contributed by atoms with Crippen LogP contribution in [0.15, 0.2) is 18.2 Å². The van der Waals surface area contributed by atoms with Gasteiger partial charge in [-0.2, -0.15) is 0 Å². The third-order valence-corrected chi connectivity index (χ3v) is 4.62. The quantitative estimate of drug-likeness (QED) is 0.859. The minimum absolute atomic E-state index is 0.304. The SMILES string of the molecule is CC(C)N1CCCC1c1cccc(N2C(=O)OCC2(C)C)n1. The number of nitrogens with zero attached hydrogens (tertiary/aromatic N) is 3. The summed E-state index contributed by atoms with van der Waals surface area (Å²) >= 11 is 0. The van der Waals surface area contributed by atoms with E-state index in [1.54, 1.807) is 4.90 Å². The van der Waals surface area contributed by atoms with E-state index in [0.717, 1.165) is 18.7 Å². The lowest BCUT2D eigenvalue weighted by atomic mass is 10.1. The molecule has 0 saturated carbocycles. The van der Waals surface area contributed by atoms with Gasteiger partial charge in [-0.05, 0) is 59.2 Å². The van der Waals surface area contributed by atoms with Crippen molar-refractivity contribution in [2.75, 3.05) is 18.1 Å². The van der Waals surface area contributed by atoms with E-state index in [1.807, 2.05) is 26.0 Å². The molecule has 3 rings (SSSR count).